The summed E-state index contributed by atoms with van der Waals surface area (Å²) in [6, 6.07) is 7.49. The Balaban J connectivity index is 2.41. The Bertz CT molecular complexity index is 538. The van der Waals surface area contributed by atoms with E-state index in [2.05, 4.69) is 31.4 Å². The molecule has 1 aromatic rings. The summed E-state index contributed by atoms with van der Waals surface area (Å²) in [6.45, 7) is 7.18. The van der Waals surface area contributed by atoms with Crippen LogP contribution in [0.1, 0.15) is 32.8 Å². The highest BCUT2D eigenvalue weighted by Crippen LogP contribution is 2.20. The smallest absolute Gasteiger partial charge is 0.235 e. The Kier molecular flexibility index (Phi) is 8.28. The Morgan fingerprint density at radius 2 is 1.83 bits per heavy atom. The highest BCUT2D eigenvalue weighted by molar-refractivity contribution is 7.99. The van der Waals surface area contributed by atoms with Crippen molar-refractivity contribution >= 4 is 23.6 Å². The average molecular weight is 352 g/mol. The molecule has 134 valence electrons. The zero-order chi connectivity index (χ0) is 18.2. The van der Waals surface area contributed by atoms with Crippen LogP contribution in [0.15, 0.2) is 29.2 Å². The van der Waals surface area contributed by atoms with Gasteiger partial charge in [-0.2, -0.15) is 0 Å². The molecule has 0 fully saturated rings. The Hall–Kier alpha value is -1.53. The lowest BCUT2D eigenvalue weighted by Crippen LogP contribution is -2.41. The Morgan fingerprint density at radius 3 is 2.33 bits per heavy atom. The van der Waals surface area contributed by atoms with E-state index < -0.39 is 0 Å². The predicted octanol–water partition coefficient (Wildman–Crippen LogP) is 1.95. The van der Waals surface area contributed by atoms with Gasteiger partial charge in [-0.3, -0.25) is 9.59 Å². The van der Waals surface area contributed by atoms with Crippen molar-refractivity contribution in [1.82, 2.24) is 10.6 Å². The molecule has 6 heteroatoms. The van der Waals surface area contributed by atoms with Gasteiger partial charge in [-0.25, -0.2) is 0 Å². The second kappa shape index (κ2) is 9.69. The summed E-state index contributed by atoms with van der Waals surface area (Å²) in [6.07, 6.45) is 1.34. The first kappa shape index (κ1) is 20.5. The molecule has 0 heterocycles. The number of primary amides is 1. The summed E-state index contributed by atoms with van der Waals surface area (Å²) in [4.78, 5) is 24.2. The maximum atomic E-state index is 11.9. The standard InChI is InChI=1S/C18H29N3O2S/c1-18(2,3)9-10-21-16(22)11-13-5-7-14(8-6-13)24-12-15(20-4)17(19)23/h5-8,15,20H,9-12H2,1-4H3,(H2,19,23)(H,21,22). The average Bonchev–Trinajstić information content (AvgIpc) is 2.48. The predicted molar refractivity (Wildman–Crippen MR) is 100.0 cm³/mol. The van der Waals surface area contributed by atoms with Crippen LogP contribution in [0.4, 0.5) is 0 Å². The number of carbonyl (C=O) groups is 2. The van der Waals surface area contributed by atoms with E-state index in [1.54, 1.807) is 18.8 Å². The van der Waals surface area contributed by atoms with E-state index in [0.717, 1.165) is 16.9 Å². The van der Waals surface area contributed by atoms with Crippen LogP contribution < -0.4 is 16.4 Å². The van der Waals surface area contributed by atoms with E-state index >= 15 is 0 Å². The number of nitrogens with one attached hydrogen (secondary N) is 2. The Morgan fingerprint density at radius 1 is 1.21 bits per heavy atom. The van der Waals surface area contributed by atoms with Gasteiger partial charge < -0.3 is 16.4 Å². The molecule has 0 aromatic heterocycles. The van der Waals surface area contributed by atoms with Crippen molar-refractivity contribution < 1.29 is 9.59 Å². The molecule has 1 atom stereocenters. The second-order valence-corrected chi connectivity index (χ2v) is 8.13. The van der Waals surface area contributed by atoms with E-state index in [4.69, 9.17) is 5.73 Å². The van der Waals surface area contributed by atoms with E-state index in [-0.39, 0.29) is 23.3 Å². The van der Waals surface area contributed by atoms with Crippen molar-refractivity contribution in [2.45, 2.75) is 44.6 Å². The highest BCUT2D eigenvalue weighted by Gasteiger charge is 2.13. The van der Waals surface area contributed by atoms with Crippen molar-refractivity contribution in [2.75, 3.05) is 19.3 Å². The number of rotatable bonds is 9. The summed E-state index contributed by atoms with van der Waals surface area (Å²) >= 11 is 1.56. The lowest BCUT2D eigenvalue weighted by atomic mass is 9.92. The van der Waals surface area contributed by atoms with E-state index in [9.17, 15) is 9.59 Å². The molecular formula is C18H29N3O2S. The van der Waals surface area contributed by atoms with Gasteiger partial charge in [0.1, 0.15) is 0 Å². The first-order valence-corrected chi connectivity index (χ1v) is 9.15. The van der Waals surface area contributed by atoms with Gasteiger partial charge in [-0.15, -0.1) is 11.8 Å². The molecule has 0 spiro atoms. The minimum absolute atomic E-state index is 0.0450. The number of hydrogen-bond acceptors (Lipinski definition) is 4. The van der Waals surface area contributed by atoms with Crippen LogP contribution in [0.3, 0.4) is 0 Å². The van der Waals surface area contributed by atoms with Gasteiger partial charge >= 0.3 is 0 Å². The van der Waals surface area contributed by atoms with Crippen molar-refractivity contribution in [1.29, 1.82) is 0 Å². The Labute approximate surface area is 149 Å². The monoisotopic (exact) mass is 351 g/mol. The van der Waals surface area contributed by atoms with E-state index in [1.807, 2.05) is 24.3 Å². The molecule has 1 unspecified atom stereocenters. The van der Waals surface area contributed by atoms with Crippen LogP contribution in [0.2, 0.25) is 0 Å². The molecular weight excluding hydrogens is 322 g/mol. The quantitative estimate of drug-likeness (QED) is 0.594. The molecule has 24 heavy (non-hydrogen) atoms. The van der Waals surface area contributed by atoms with E-state index in [1.165, 1.54) is 0 Å². The van der Waals surface area contributed by atoms with Crippen LogP contribution in [-0.2, 0) is 16.0 Å². The lowest BCUT2D eigenvalue weighted by Gasteiger charge is -2.18. The first-order chi connectivity index (χ1) is 11.2. The van der Waals surface area contributed by atoms with Gasteiger partial charge in [0.25, 0.3) is 0 Å². The molecule has 5 nitrogen and oxygen atoms in total. The fraction of sp³-hybridized carbons (Fsp3) is 0.556. The minimum Gasteiger partial charge on any atom is -0.368 e. The fourth-order valence-electron chi connectivity index (χ4n) is 2.02. The number of carbonyl (C=O) groups excluding carboxylic acids is 2. The third-order valence-corrected chi connectivity index (χ3v) is 4.70. The third-order valence-electron chi connectivity index (χ3n) is 3.59. The number of hydrogen-bond donors (Lipinski definition) is 3. The van der Waals surface area contributed by atoms with Crippen molar-refractivity contribution in [3.8, 4) is 0 Å². The normalized spacial score (nSPS) is 12.7. The maximum Gasteiger partial charge on any atom is 0.235 e. The van der Waals surface area contributed by atoms with Crippen molar-refractivity contribution in [3.63, 3.8) is 0 Å². The molecule has 0 aliphatic rings. The molecule has 0 aliphatic carbocycles. The summed E-state index contributed by atoms with van der Waals surface area (Å²) in [7, 11) is 1.72. The summed E-state index contributed by atoms with van der Waals surface area (Å²) in [5.74, 6) is 0.274. The molecule has 0 radical (unpaired) electrons. The number of amides is 2. The van der Waals surface area contributed by atoms with Gasteiger partial charge in [0.05, 0.1) is 12.5 Å². The van der Waals surface area contributed by atoms with Crippen molar-refractivity contribution in [3.05, 3.63) is 29.8 Å². The van der Waals surface area contributed by atoms with Gasteiger partial charge in [0.15, 0.2) is 0 Å². The van der Waals surface area contributed by atoms with Gasteiger partial charge in [0, 0.05) is 17.2 Å². The zero-order valence-corrected chi connectivity index (χ0v) is 15.8. The summed E-state index contributed by atoms with van der Waals surface area (Å²) in [5.41, 5.74) is 6.50. The zero-order valence-electron chi connectivity index (χ0n) is 15.0. The molecule has 0 saturated carbocycles. The first-order valence-electron chi connectivity index (χ1n) is 8.16. The highest BCUT2D eigenvalue weighted by atomic mass is 32.2. The molecule has 4 N–H and O–H groups in total. The number of likely N-dealkylation sites (N-methyl/N-ethyl adjacent to an activating group) is 1. The number of nitrogens with two attached hydrogens (primary N) is 1. The molecule has 0 aliphatic heterocycles. The molecule has 0 saturated heterocycles. The van der Waals surface area contributed by atoms with Crippen LogP contribution in [0.5, 0.6) is 0 Å². The van der Waals surface area contributed by atoms with Crippen LogP contribution >= 0.6 is 11.8 Å². The van der Waals surface area contributed by atoms with Crippen LogP contribution in [-0.4, -0.2) is 37.2 Å². The van der Waals surface area contributed by atoms with Crippen molar-refractivity contribution in [2.24, 2.45) is 11.1 Å². The SMILES string of the molecule is CNC(CSc1ccc(CC(=O)NCCC(C)(C)C)cc1)C(N)=O. The van der Waals surface area contributed by atoms with E-state index in [0.29, 0.717) is 18.7 Å². The second-order valence-electron chi connectivity index (χ2n) is 7.04. The lowest BCUT2D eigenvalue weighted by molar-refractivity contribution is -0.120. The summed E-state index contributed by atoms with van der Waals surface area (Å²) in [5, 5.41) is 5.85. The maximum absolute atomic E-state index is 11.9. The van der Waals surface area contributed by atoms with Gasteiger partial charge in [-0.1, -0.05) is 32.9 Å². The van der Waals surface area contributed by atoms with Gasteiger partial charge in [-0.05, 0) is 36.6 Å². The van der Waals surface area contributed by atoms with Crippen LogP contribution in [0.25, 0.3) is 0 Å². The largest absolute Gasteiger partial charge is 0.368 e. The number of thioether (sulfide) groups is 1. The molecule has 0 bridgehead atoms. The topological polar surface area (TPSA) is 84.2 Å². The minimum atomic E-state index is -0.353. The summed E-state index contributed by atoms with van der Waals surface area (Å²) < 4.78 is 0. The fourth-order valence-corrected chi connectivity index (χ4v) is 3.03. The molecule has 2 amide bonds. The molecule has 1 aromatic carbocycles. The number of benzene rings is 1. The molecule has 1 rings (SSSR count). The third kappa shape index (κ3) is 8.36. The van der Waals surface area contributed by atoms with Gasteiger partial charge in [0.2, 0.25) is 11.8 Å². The van der Waals surface area contributed by atoms with Crippen LogP contribution in [0, 0.1) is 5.41 Å².